The van der Waals surface area contributed by atoms with Gasteiger partial charge in [0.2, 0.25) is 5.91 Å². The zero-order valence-corrected chi connectivity index (χ0v) is 11.1. The van der Waals surface area contributed by atoms with Crippen LogP contribution in [0.3, 0.4) is 0 Å². The highest BCUT2D eigenvalue weighted by atomic mass is 16.3. The Morgan fingerprint density at radius 3 is 2.05 bits per heavy atom. The molecule has 0 fully saturated rings. The first-order chi connectivity index (χ1) is 9.00. The molecule has 1 unspecified atom stereocenters. The summed E-state index contributed by atoms with van der Waals surface area (Å²) in [4.78, 5) is 11.0. The highest BCUT2D eigenvalue weighted by Gasteiger charge is 2.24. The van der Waals surface area contributed by atoms with Crippen LogP contribution in [0, 0.1) is 0 Å². The molecule has 0 aliphatic heterocycles. The summed E-state index contributed by atoms with van der Waals surface area (Å²) in [6.45, 7) is 3.23. The maximum atomic E-state index is 11.0. The minimum absolute atomic E-state index is 0.109. The van der Waals surface area contributed by atoms with Crippen molar-refractivity contribution in [3.05, 3.63) is 65.7 Å². The first kappa shape index (κ1) is 13.3. The van der Waals surface area contributed by atoms with Crippen molar-refractivity contribution >= 4 is 11.6 Å². The standard InChI is InChI=1S/C16H17NO2/c1-12(18)17-15-10-8-14(9-11-15)16(2,19)13-6-4-3-5-7-13/h3-11,19H,1-2H3,(H,17,18). The zero-order valence-electron chi connectivity index (χ0n) is 11.1. The van der Waals surface area contributed by atoms with Crippen molar-refractivity contribution in [1.29, 1.82) is 0 Å². The van der Waals surface area contributed by atoms with Gasteiger partial charge in [-0.15, -0.1) is 0 Å². The van der Waals surface area contributed by atoms with E-state index in [0.717, 1.165) is 16.8 Å². The zero-order chi connectivity index (χ0) is 13.9. The normalized spacial score (nSPS) is 13.6. The summed E-state index contributed by atoms with van der Waals surface area (Å²) < 4.78 is 0. The van der Waals surface area contributed by atoms with Crippen LogP contribution >= 0.6 is 0 Å². The van der Waals surface area contributed by atoms with Crippen LogP contribution in [0.25, 0.3) is 0 Å². The van der Waals surface area contributed by atoms with E-state index in [1.807, 2.05) is 42.5 Å². The highest BCUT2D eigenvalue weighted by Crippen LogP contribution is 2.29. The summed E-state index contributed by atoms with van der Waals surface area (Å²) in [7, 11) is 0. The Bertz CT molecular complexity index is 559. The van der Waals surface area contributed by atoms with Crippen molar-refractivity contribution < 1.29 is 9.90 Å². The minimum Gasteiger partial charge on any atom is -0.381 e. The van der Waals surface area contributed by atoms with Crippen LogP contribution in [0.2, 0.25) is 0 Å². The van der Waals surface area contributed by atoms with E-state index >= 15 is 0 Å². The lowest BCUT2D eigenvalue weighted by Gasteiger charge is -2.24. The summed E-state index contributed by atoms with van der Waals surface area (Å²) in [5.41, 5.74) is 1.30. The minimum atomic E-state index is -1.05. The third-order valence-electron chi connectivity index (χ3n) is 3.10. The fourth-order valence-electron chi connectivity index (χ4n) is 2.01. The van der Waals surface area contributed by atoms with Gasteiger partial charge in [-0.1, -0.05) is 42.5 Å². The maximum Gasteiger partial charge on any atom is 0.221 e. The van der Waals surface area contributed by atoms with E-state index < -0.39 is 5.60 Å². The number of carbonyl (C=O) groups excluding carboxylic acids is 1. The first-order valence-electron chi connectivity index (χ1n) is 6.16. The number of hydrogen-bond acceptors (Lipinski definition) is 2. The molecule has 2 rings (SSSR count). The number of amides is 1. The molecule has 0 spiro atoms. The van der Waals surface area contributed by atoms with Gasteiger partial charge in [0.05, 0.1) is 0 Å². The molecule has 2 aromatic rings. The largest absolute Gasteiger partial charge is 0.381 e. The third-order valence-corrected chi connectivity index (χ3v) is 3.10. The lowest BCUT2D eigenvalue weighted by atomic mass is 9.88. The van der Waals surface area contributed by atoms with Crippen LogP contribution in [0.5, 0.6) is 0 Å². The quantitative estimate of drug-likeness (QED) is 0.886. The first-order valence-corrected chi connectivity index (χ1v) is 6.16. The number of benzene rings is 2. The van der Waals surface area contributed by atoms with E-state index in [1.165, 1.54) is 6.92 Å². The van der Waals surface area contributed by atoms with Gasteiger partial charge in [-0.05, 0) is 30.2 Å². The topological polar surface area (TPSA) is 49.3 Å². The van der Waals surface area contributed by atoms with Crippen LogP contribution in [0.4, 0.5) is 5.69 Å². The molecule has 0 aromatic heterocycles. The number of hydrogen-bond donors (Lipinski definition) is 2. The molecule has 19 heavy (non-hydrogen) atoms. The van der Waals surface area contributed by atoms with Gasteiger partial charge in [-0.2, -0.15) is 0 Å². The van der Waals surface area contributed by atoms with Gasteiger partial charge in [0, 0.05) is 12.6 Å². The predicted octanol–water partition coefficient (Wildman–Crippen LogP) is 2.90. The summed E-state index contributed by atoms with van der Waals surface area (Å²) >= 11 is 0. The Morgan fingerprint density at radius 2 is 1.53 bits per heavy atom. The second kappa shape index (κ2) is 5.24. The monoisotopic (exact) mass is 255 g/mol. The van der Waals surface area contributed by atoms with Gasteiger partial charge in [0.15, 0.2) is 0 Å². The number of aliphatic hydroxyl groups is 1. The molecule has 0 saturated carbocycles. The molecule has 0 aliphatic carbocycles. The van der Waals surface area contributed by atoms with Crippen molar-refractivity contribution in [1.82, 2.24) is 0 Å². The molecule has 0 saturated heterocycles. The molecule has 3 nitrogen and oxygen atoms in total. The fraction of sp³-hybridized carbons (Fsp3) is 0.188. The summed E-state index contributed by atoms with van der Waals surface area (Å²) in [6, 6.07) is 16.7. The Labute approximate surface area is 112 Å². The van der Waals surface area contributed by atoms with Gasteiger partial charge >= 0.3 is 0 Å². The second-order valence-corrected chi connectivity index (χ2v) is 4.70. The van der Waals surface area contributed by atoms with Gasteiger partial charge in [-0.3, -0.25) is 4.79 Å². The summed E-state index contributed by atoms with van der Waals surface area (Å²) in [5, 5.41) is 13.3. The van der Waals surface area contributed by atoms with Crippen molar-refractivity contribution in [2.75, 3.05) is 5.32 Å². The molecule has 0 radical (unpaired) electrons. The molecular formula is C16H17NO2. The average Bonchev–Trinajstić information content (AvgIpc) is 2.40. The van der Waals surface area contributed by atoms with Crippen LogP contribution in [0.1, 0.15) is 25.0 Å². The van der Waals surface area contributed by atoms with Gasteiger partial charge in [0.1, 0.15) is 5.60 Å². The van der Waals surface area contributed by atoms with Gasteiger partial charge in [0.25, 0.3) is 0 Å². The molecular weight excluding hydrogens is 238 g/mol. The smallest absolute Gasteiger partial charge is 0.221 e. The van der Waals surface area contributed by atoms with E-state index in [2.05, 4.69) is 5.32 Å². The van der Waals surface area contributed by atoms with Crippen molar-refractivity contribution in [3.8, 4) is 0 Å². The molecule has 2 N–H and O–H groups in total. The lowest BCUT2D eigenvalue weighted by molar-refractivity contribution is -0.114. The second-order valence-electron chi connectivity index (χ2n) is 4.70. The number of rotatable bonds is 3. The number of nitrogens with one attached hydrogen (secondary N) is 1. The Hall–Kier alpha value is -2.13. The summed E-state index contributed by atoms with van der Waals surface area (Å²) in [5.74, 6) is -0.109. The van der Waals surface area contributed by atoms with E-state index in [1.54, 1.807) is 19.1 Å². The highest BCUT2D eigenvalue weighted by molar-refractivity contribution is 5.88. The molecule has 1 amide bonds. The molecule has 98 valence electrons. The van der Waals surface area contributed by atoms with E-state index in [-0.39, 0.29) is 5.91 Å². The van der Waals surface area contributed by atoms with Crippen LogP contribution in [-0.4, -0.2) is 11.0 Å². The SMILES string of the molecule is CC(=O)Nc1ccc(C(C)(O)c2ccccc2)cc1. The van der Waals surface area contributed by atoms with Crippen molar-refractivity contribution in [2.24, 2.45) is 0 Å². The molecule has 3 heteroatoms. The Balaban J connectivity index is 2.29. The molecule has 0 bridgehead atoms. The Kier molecular flexibility index (Phi) is 3.67. The third kappa shape index (κ3) is 3.01. The predicted molar refractivity (Wildman–Crippen MR) is 75.9 cm³/mol. The van der Waals surface area contributed by atoms with E-state index in [0.29, 0.717) is 0 Å². The lowest BCUT2D eigenvalue weighted by Crippen LogP contribution is -2.22. The molecule has 0 heterocycles. The van der Waals surface area contributed by atoms with E-state index in [4.69, 9.17) is 0 Å². The van der Waals surface area contributed by atoms with Crippen LogP contribution < -0.4 is 5.32 Å². The molecule has 0 aliphatic rings. The Morgan fingerprint density at radius 1 is 1.00 bits per heavy atom. The molecule has 2 aromatic carbocycles. The number of anilines is 1. The fourth-order valence-corrected chi connectivity index (χ4v) is 2.01. The maximum absolute atomic E-state index is 11.0. The van der Waals surface area contributed by atoms with Gasteiger partial charge < -0.3 is 10.4 Å². The van der Waals surface area contributed by atoms with Gasteiger partial charge in [-0.25, -0.2) is 0 Å². The van der Waals surface area contributed by atoms with Crippen LogP contribution in [-0.2, 0) is 10.4 Å². The summed E-state index contributed by atoms with van der Waals surface area (Å²) in [6.07, 6.45) is 0. The molecule has 1 atom stereocenters. The average molecular weight is 255 g/mol. The van der Waals surface area contributed by atoms with Crippen molar-refractivity contribution in [3.63, 3.8) is 0 Å². The van der Waals surface area contributed by atoms with E-state index in [9.17, 15) is 9.90 Å². The number of carbonyl (C=O) groups is 1. The van der Waals surface area contributed by atoms with Crippen LogP contribution in [0.15, 0.2) is 54.6 Å². The van der Waals surface area contributed by atoms with Crippen molar-refractivity contribution in [2.45, 2.75) is 19.4 Å².